The number of nitrogens with zero attached hydrogens (tertiary/aromatic N) is 3. The summed E-state index contributed by atoms with van der Waals surface area (Å²) < 4.78 is 5.58. The summed E-state index contributed by atoms with van der Waals surface area (Å²) in [6.45, 7) is 0. The maximum Gasteiger partial charge on any atom is 0.289 e. The molecule has 160 valence electrons. The first kappa shape index (κ1) is 22.5. The molecule has 0 fully saturated rings. The smallest absolute Gasteiger partial charge is 0.289 e. The number of carbonyl (C=O) groups is 1. The predicted octanol–water partition coefficient (Wildman–Crippen LogP) is 5.62. The molecule has 0 unspecified atom stereocenters. The Bertz CT molecular complexity index is 1330. The molecule has 0 aliphatic heterocycles. The molecule has 0 spiro atoms. The second-order valence-electron chi connectivity index (χ2n) is 6.17. The SMILES string of the molecule is N#C/C(=C\c1ccc(-c2ccc([N+](=O)[O-])cc2Cl)o1)C(=O)Nc1ccc(Cl)c([N+](=O)[O-])c1. The van der Waals surface area contributed by atoms with Gasteiger partial charge >= 0.3 is 0 Å². The maximum absolute atomic E-state index is 12.4. The van der Waals surface area contributed by atoms with E-state index in [2.05, 4.69) is 5.32 Å². The van der Waals surface area contributed by atoms with E-state index in [0.29, 0.717) is 5.56 Å². The van der Waals surface area contributed by atoms with Crippen LogP contribution < -0.4 is 5.32 Å². The van der Waals surface area contributed by atoms with Gasteiger partial charge in [0.05, 0.1) is 14.9 Å². The Labute approximate surface area is 189 Å². The summed E-state index contributed by atoms with van der Waals surface area (Å²) in [5.41, 5.74) is -0.462. The highest BCUT2D eigenvalue weighted by molar-refractivity contribution is 6.33. The third kappa shape index (κ3) is 4.92. The largest absolute Gasteiger partial charge is 0.457 e. The van der Waals surface area contributed by atoms with E-state index >= 15 is 0 Å². The number of rotatable bonds is 6. The number of amides is 1. The number of nitriles is 1. The van der Waals surface area contributed by atoms with E-state index in [4.69, 9.17) is 27.6 Å². The Morgan fingerprint density at radius 2 is 1.78 bits per heavy atom. The van der Waals surface area contributed by atoms with E-state index in [1.807, 2.05) is 0 Å². The highest BCUT2D eigenvalue weighted by atomic mass is 35.5. The van der Waals surface area contributed by atoms with Gasteiger partial charge in [0.15, 0.2) is 0 Å². The van der Waals surface area contributed by atoms with Crippen molar-refractivity contribution in [2.75, 3.05) is 5.32 Å². The molecule has 0 bridgehead atoms. The molecule has 3 rings (SSSR count). The first-order valence-electron chi connectivity index (χ1n) is 8.61. The zero-order valence-electron chi connectivity index (χ0n) is 15.7. The quantitative estimate of drug-likeness (QED) is 0.211. The molecule has 32 heavy (non-hydrogen) atoms. The van der Waals surface area contributed by atoms with Crippen LogP contribution in [0.2, 0.25) is 10.0 Å². The van der Waals surface area contributed by atoms with E-state index in [9.17, 15) is 30.3 Å². The van der Waals surface area contributed by atoms with Gasteiger partial charge in [-0.2, -0.15) is 5.26 Å². The van der Waals surface area contributed by atoms with Gasteiger partial charge in [0.2, 0.25) is 0 Å². The van der Waals surface area contributed by atoms with Crippen LogP contribution in [0.4, 0.5) is 17.1 Å². The molecule has 2 aromatic carbocycles. The van der Waals surface area contributed by atoms with Gasteiger partial charge in [-0.3, -0.25) is 25.0 Å². The van der Waals surface area contributed by atoms with E-state index in [0.717, 1.165) is 6.07 Å². The number of nitro groups is 2. The van der Waals surface area contributed by atoms with Crippen molar-refractivity contribution in [3.63, 3.8) is 0 Å². The number of halogens is 2. The summed E-state index contributed by atoms with van der Waals surface area (Å²) in [6, 6.07) is 12.2. The molecule has 1 amide bonds. The van der Waals surface area contributed by atoms with Crippen LogP contribution in [0, 0.1) is 31.6 Å². The van der Waals surface area contributed by atoms with Crippen molar-refractivity contribution in [1.82, 2.24) is 0 Å². The van der Waals surface area contributed by atoms with Crippen LogP contribution in [-0.4, -0.2) is 15.8 Å². The normalized spacial score (nSPS) is 11.0. The van der Waals surface area contributed by atoms with Crippen LogP contribution in [-0.2, 0) is 4.79 Å². The average Bonchev–Trinajstić information content (AvgIpc) is 3.21. The van der Waals surface area contributed by atoms with Crippen molar-refractivity contribution in [2.24, 2.45) is 0 Å². The molecule has 0 radical (unpaired) electrons. The molecule has 0 saturated heterocycles. The fourth-order valence-corrected chi connectivity index (χ4v) is 3.07. The van der Waals surface area contributed by atoms with E-state index in [1.54, 1.807) is 6.07 Å². The highest BCUT2D eigenvalue weighted by Gasteiger charge is 2.17. The van der Waals surface area contributed by atoms with Gasteiger partial charge in [-0.05, 0) is 30.3 Å². The standard InChI is InChI=1S/C20H10Cl2N4O6/c21-16-5-1-12(8-18(16)26(30)31)24-20(27)11(10-23)7-14-3-6-19(32-14)15-4-2-13(25(28)29)9-17(15)22/h1-9H,(H,24,27)/b11-7+. The topological polar surface area (TPSA) is 152 Å². The summed E-state index contributed by atoms with van der Waals surface area (Å²) in [5, 5.41) is 33.5. The molecular weight excluding hydrogens is 463 g/mol. The Kier molecular flexibility index (Phi) is 6.53. The lowest BCUT2D eigenvalue weighted by atomic mass is 10.1. The summed E-state index contributed by atoms with van der Waals surface area (Å²) in [5.74, 6) is -0.416. The van der Waals surface area contributed by atoms with Crippen molar-refractivity contribution in [2.45, 2.75) is 0 Å². The summed E-state index contributed by atoms with van der Waals surface area (Å²) >= 11 is 11.8. The molecular formula is C20H10Cl2N4O6. The molecule has 3 aromatic rings. The minimum Gasteiger partial charge on any atom is -0.457 e. The van der Waals surface area contributed by atoms with Crippen LogP contribution >= 0.6 is 23.2 Å². The molecule has 0 atom stereocenters. The second-order valence-corrected chi connectivity index (χ2v) is 6.98. The zero-order chi connectivity index (χ0) is 23.4. The second kappa shape index (κ2) is 9.30. The maximum atomic E-state index is 12.4. The third-order valence-corrected chi connectivity index (χ3v) is 4.74. The number of benzene rings is 2. The van der Waals surface area contributed by atoms with Crippen molar-refractivity contribution < 1.29 is 19.1 Å². The number of nitrogens with one attached hydrogen (secondary N) is 1. The Morgan fingerprint density at radius 1 is 1.03 bits per heavy atom. The summed E-state index contributed by atoms with van der Waals surface area (Å²) in [7, 11) is 0. The molecule has 0 aliphatic rings. The third-order valence-electron chi connectivity index (χ3n) is 4.11. The number of anilines is 1. The van der Waals surface area contributed by atoms with Gasteiger partial charge in [-0.1, -0.05) is 23.2 Å². The molecule has 1 aromatic heterocycles. The Balaban J connectivity index is 1.83. The van der Waals surface area contributed by atoms with Crippen LogP contribution in [0.5, 0.6) is 0 Å². The van der Waals surface area contributed by atoms with Crippen LogP contribution in [0.25, 0.3) is 17.4 Å². The monoisotopic (exact) mass is 472 g/mol. The van der Waals surface area contributed by atoms with Gasteiger partial charge < -0.3 is 9.73 Å². The minimum atomic E-state index is -0.824. The van der Waals surface area contributed by atoms with Crippen LogP contribution in [0.1, 0.15) is 5.76 Å². The van der Waals surface area contributed by atoms with Gasteiger partial charge in [-0.25, -0.2) is 0 Å². The fraction of sp³-hybridized carbons (Fsp3) is 0. The first-order chi connectivity index (χ1) is 15.2. The van der Waals surface area contributed by atoms with Gasteiger partial charge in [0.25, 0.3) is 17.3 Å². The average molecular weight is 473 g/mol. The van der Waals surface area contributed by atoms with Crippen molar-refractivity contribution in [3.05, 3.63) is 90.1 Å². The lowest BCUT2D eigenvalue weighted by Crippen LogP contribution is -2.13. The predicted molar refractivity (Wildman–Crippen MR) is 116 cm³/mol. The van der Waals surface area contributed by atoms with E-state index in [-0.39, 0.29) is 38.5 Å². The van der Waals surface area contributed by atoms with Crippen LogP contribution in [0.15, 0.2) is 58.5 Å². The highest BCUT2D eigenvalue weighted by Crippen LogP contribution is 2.33. The molecule has 10 nitrogen and oxygen atoms in total. The van der Waals surface area contributed by atoms with E-state index < -0.39 is 21.4 Å². The van der Waals surface area contributed by atoms with Gasteiger partial charge in [0, 0.05) is 35.5 Å². The molecule has 0 aliphatic carbocycles. The molecule has 12 heteroatoms. The van der Waals surface area contributed by atoms with Crippen molar-refractivity contribution >= 4 is 52.2 Å². The Morgan fingerprint density at radius 3 is 2.41 bits per heavy atom. The van der Waals surface area contributed by atoms with Crippen LogP contribution in [0.3, 0.4) is 0 Å². The molecule has 0 saturated carbocycles. The van der Waals surface area contributed by atoms with Gasteiger partial charge in [0.1, 0.15) is 28.2 Å². The number of non-ortho nitro benzene ring substituents is 1. The lowest BCUT2D eigenvalue weighted by molar-refractivity contribution is -0.384. The molecule has 1 N–H and O–H groups in total. The number of furan rings is 1. The van der Waals surface area contributed by atoms with Gasteiger partial charge in [-0.15, -0.1) is 0 Å². The van der Waals surface area contributed by atoms with Crippen molar-refractivity contribution in [1.29, 1.82) is 5.26 Å². The fourth-order valence-electron chi connectivity index (χ4n) is 2.61. The first-order valence-corrected chi connectivity index (χ1v) is 9.36. The summed E-state index contributed by atoms with van der Waals surface area (Å²) in [6.07, 6.45) is 1.17. The number of hydrogen-bond donors (Lipinski definition) is 1. The number of hydrogen-bond acceptors (Lipinski definition) is 7. The van der Waals surface area contributed by atoms with E-state index in [1.165, 1.54) is 48.5 Å². The number of nitro benzene ring substituents is 2. The lowest BCUT2D eigenvalue weighted by Gasteiger charge is -2.04. The minimum absolute atomic E-state index is 0.0741. The Hall–Kier alpha value is -4.20. The number of carbonyl (C=O) groups excluding carboxylic acids is 1. The zero-order valence-corrected chi connectivity index (χ0v) is 17.3. The van der Waals surface area contributed by atoms with Crippen molar-refractivity contribution in [3.8, 4) is 17.4 Å². The molecule has 1 heterocycles. The summed E-state index contributed by atoms with van der Waals surface area (Å²) in [4.78, 5) is 32.9.